The highest BCUT2D eigenvalue weighted by atomic mass is 16.5. The van der Waals surface area contributed by atoms with Crippen molar-refractivity contribution in [2.75, 3.05) is 7.11 Å². The summed E-state index contributed by atoms with van der Waals surface area (Å²) in [5, 5.41) is 0.731. The lowest BCUT2D eigenvalue weighted by atomic mass is 10.1. The maximum Gasteiger partial charge on any atom is 0.189 e. The molecule has 0 amide bonds. The minimum atomic E-state index is 0.0412. The second-order valence-corrected chi connectivity index (χ2v) is 3.64. The molecule has 1 aromatic carbocycles. The Balaban J connectivity index is 2.67. The molecule has 0 saturated heterocycles. The zero-order valence-corrected chi connectivity index (χ0v) is 8.83. The lowest BCUT2D eigenvalue weighted by Crippen LogP contribution is -2.05. The first kappa shape index (κ1) is 9.93. The molecule has 0 aliphatic heterocycles. The smallest absolute Gasteiger partial charge is 0.189 e. The summed E-state index contributed by atoms with van der Waals surface area (Å²) >= 11 is 0. The van der Waals surface area contributed by atoms with Gasteiger partial charge in [-0.15, -0.1) is 0 Å². The highest BCUT2D eigenvalue weighted by molar-refractivity contribution is 5.79. The number of benzene rings is 1. The van der Waals surface area contributed by atoms with Crippen LogP contribution in [-0.4, -0.2) is 12.1 Å². The second kappa shape index (κ2) is 3.87. The van der Waals surface area contributed by atoms with Gasteiger partial charge in [0.25, 0.3) is 0 Å². The van der Waals surface area contributed by atoms with Gasteiger partial charge in [0.1, 0.15) is 0 Å². The molecule has 1 N–H and O–H groups in total. The first-order valence-corrected chi connectivity index (χ1v) is 4.82. The molecule has 0 spiro atoms. The quantitative estimate of drug-likeness (QED) is 0.811. The Labute approximate surface area is 87.7 Å². The zero-order valence-electron chi connectivity index (χ0n) is 8.83. The van der Waals surface area contributed by atoms with E-state index in [1.54, 1.807) is 13.2 Å². The van der Waals surface area contributed by atoms with Crippen molar-refractivity contribution < 1.29 is 4.74 Å². The monoisotopic (exact) mass is 203 g/mol. The van der Waals surface area contributed by atoms with E-state index in [2.05, 4.69) is 4.98 Å². The summed E-state index contributed by atoms with van der Waals surface area (Å²) in [6.07, 6.45) is 0. The van der Waals surface area contributed by atoms with Gasteiger partial charge in [-0.2, -0.15) is 0 Å². The minimum absolute atomic E-state index is 0.0412. The third kappa shape index (κ3) is 1.92. The third-order valence-electron chi connectivity index (χ3n) is 2.34. The molecule has 0 bridgehead atoms. The fourth-order valence-electron chi connectivity index (χ4n) is 1.65. The molecule has 1 heterocycles. The number of aromatic nitrogens is 1. The van der Waals surface area contributed by atoms with Crippen molar-refractivity contribution in [3.8, 4) is 0 Å². The summed E-state index contributed by atoms with van der Waals surface area (Å²) in [7, 11) is 1.61. The second-order valence-electron chi connectivity index (χ2n) is 3.64. The topological polar surface area (TPSA) is 42.1 Å². The lowest BCUT2D eigenvalue weighted by molar-refractivity contribution is 0.181. The lowest BCUT2D eigenvalue weighted by Gasteiger charge is -2.03. The first-order valence-electron chi connectivity index (χ1n) is 4.82. The molecule has 0 aliphatic rings. The Bertz CT molecular complexity index is 543. The first-order chi connectivity index (χ1) is 7.20. The van der Waals surface area contributed by atoms with E-state index in [-0.39, 0.29) is 5.43 Å². The molecule has 0 radical (unpaired) electrons. The van der Waals surface area contributed by atoms with Crippen LogP contribution in [0.2, 0.25) is 0 Å². The minimum Gasteiger partial charge on any atom is -0.378 e. The van der Waals surface area contributed by atoms with Crippen LogP contribution in [0.25, 0.3) is 10.9 Å². The van der Waals surface area contributed by atoms with Gasteiger partial charge in [-0.05, 0) is 19.1 Å². The molecule has 2 rings (SSSR count). The predicted molar refractivity (Wildman–Crippen MR) is 60.0 cm³/mol. The number of pyridine rings is 1. The largest absolute Gasteiger partial charge is 0.378 e. The Morgan fingerprint density at radius 3 is 2.87 bits per heavy atom. The Morgan fingerprint density at radius 1 is 1.33 bits per heavy atom. The van der Waals surface area contributed by atoms with Crippen molar-refractivity contribution in [1.82, 2.24) is 4.98 Å². The maximum absolute atomic E-state index is 11.8. The van der Waals surface area contributed by atoms with Gasteiger partial charge in [0.05, 0.1) is 6.61 Å². The number of H-pyrrole nitrogens is 1. The fourth-order valence-corrected chi connectivity index (χ4v) is 1.65. The van der Waals surface area contributed by atoms with E-state index in [9.17, 15) is 4.79 Å². The van der Waals surface area contributed by atoms with Crippen LogP contribution in [0.15, 0.2) is 29.1 Å². The number of ether oxygens (including phenoxy) is 1. The standard InChI is InChI=1S/C12H13NO2/c1-8-3-4-11-10(5-8)12(14)6-9(13-11)7-15-2/h3-6H,7H2,1-2H3,(H,13,14). The molecule has 2 aromatic rings. The summed E-state index contributed by atoms with van der Waals surface area (Å²) < 4.78 is 4.99. The van der Waals surface area contributed by atoms with Gasteiger partial charge in [0.15, 0.2) is 5.43 Å². The number of nitrogens with one attached hydrogen (secondary N) is 1. The molecule has 3 nitrogen and oxygen atoms in total. The Kier molecular flexibility index (Phi) is 2.56. The van der Waals surface area contributed by atoms with Gasteiger partial charge in [-0.1, -0.05) is 11.6 Å². The number of aryl methyl sites for hydroxylation is 1. The van der Waals surface area contributed by atoms with Crippen LogP contribution >= 0.6 is 0 Å². The fraction of sp³-hybridized carbons (Fsp3) is 0.250. The van der Waals surface area contributed by atoms with Crippen molar-refractivity contribution in [2.24, 2.45) is 0 Å². The molecule has 3 heteroatoms. The van der Waals surface area contributed by atoms with Crippen LogP contribution in [0.5, 0.6) is 0 Å². The summed E-state index contributed by atoms with van der Waals surface area (Å²) in [4.78, 5) is 14.9. The van der Waals surface area contributed by atoms with E-state index in [1.807, 2.05) is 25.1 Å². The zero-order chi connectivity index (χ0) is 10.8. The predicted octanol–water partition coefficient (Wildman–Crippen LogP) is 1.98. The number of methoxy groups -OCH3 is 1. The van der Waals surface area contributed by atoms with Crippen LogP contribution in [0, 0.1) is 6.92 Å². The number of fused-ring (bicyclic) bond motifs is 1. The van der Waals surface area contributed by atoms with Crippen LogP contribution in [0.1, 0.15) is 11.3 Å². The molecule has 0 saturated carbocycles. The SMILES string of the molecule is COCc1cc(=O)c2cc(C)ccc2[nH]1. The molecule has 0 aliphatic carbocycles. The number of rotatable bonds is 2. The summed E-state index contributed by atoms with van der Waals surface area (Å²) in [5.41, 5.74) is 2.80. The molecule has 0 unspecified atom stereocenters. The molecule has 0 fully saturated rings. The van der Waals surface area contributed by atoms with Gasteiger partial charge >= 0.3 is 0 Å². The van der Waals surface area contributed by atoms with Crippen molar-refractivity contribution in [3.63, 3.8) is 0 Å². The number of hydrogen-bond acceptors (Lipinski definition) is 2. The van der Waals surface area contributed by atoms with Crippen LogP contribution in [0.4, 0.5) is 0 Å². The molecule has 78 valence electrons. The molecular formula is C12H13NO2. The van der Waals surface area contributed by atoms with Gasteiger partial charge in [0.2, 0.25) is 0 Å². The summed E-state index contributed by atoms with van der Waals surface area (Å²) in [6, 6.07) is 7.39. The normalized spacial score (nSPS) is 10.8. The van der Waals surface area contributed by atoms with Gasteiger partial charge < -0.3 is 9.72 Å². The van der Waals surface area contributed by atoms with Crippen molar-refractivity contribution in [1.29, 1.82) is 0 Å². The van der Waals surface area contributed by atoms with Crippen LogP contribution in [-0.2, 0) is 11.3 Å². The Hall–Kier alpha value is -1.61. The molecule has 0 atom stereocenters. The van der Waals surface area contributed by atoms with E-state index >= 15 is 0 Å². The Morgan fingerprint density at radius 2 is 2.13 bits per heavy atom. The molecule has 1 aromatic heterocycles. The average Bonchev–Trinajstić information content (AvgIpc) is 2.20. The highest BCUT2D eigenvalue weighted by Gasteiger charge is 2.01. The molecule has 15 heavy (non-hydrogen) atoms. The van der Waals surface area contributed by atoms with Gasteiger partial charge in [0, 0.05) is 29.8 Å². The third-order valence-corrected chi connectivity index (χ3v) is 2.34. The van der Waals surface area contributed by atoms with E-state index in [0.717, 1.165) is 22.2 Å². The van der Waals surface area contributed by atoms with Crippen LogP contribution in [0.3, 0.4) is 0 Å². The summed E-state index contributed by atoms with van der Waals surface area (Å²) in [5.74, 6) is 0. The van der Waals surface area contributed by atoms with Crippen molar-refractivity contribution >= 4 is 10.9 Å². The average molecular weight is 203 g/mol. The van der Waals surface area contributed by atoms with Crippen LogP contribution < -0.4 is 5.43 Å². The number of hydrogen-bond donors (Lipinski definition) is 1. The molecular weight excluding hydrogens is 190 g/mol. The van der Waals surface area contributed by atoms with Crippen molar-refractivity contribution in [2.45, 2.75) is 13.5 Å². The number of aromatic amines is 1. The van der Waals surface area contributed by atoms with E-state index < -0.39 is 0 Å². The van der Waals surface area contributed by atoms with Gasteiger partial charge in [-0.3, -0.25) is 4.79 Å². The van der Waals surface area contributed by atoms with Crippen molar-refractivity contribution in [3.05, 3.63) is 45.7 Å². The van der Waals surface area contributed by atoms with E-state index in [1.165, 1.54) is 0 Å². The summed E-state index contributed by atoms with van der Waals surface area (Å²) in [6.45, 7) is 2.40. The van der Waals surface area contributed by atoms with Gasteiger partial charge in [-0.25, -0.2) is 0 Å². The van der Waals surface area contributed by atoms with E-state index in [4.69, 9.17) is 4.74 Å². The maximum atomic E-state index is 11.8. The highest BCUT2D eigenvalue weighted by Crippen LogP contribution is 2.10. The van der Waals surface area contributed by atoms with E-state index in [0.29, 0.717) is 6.61 Å².